The molecule has 0 radical (unpaired) electrons. The number of piperidine rings is 1. The number of nitrogens with one attached hydrogen (secondary N) is 2. The van der Waals surface area contributed by atoms with Gasteiger partial charge in [-0.3, -0.25) is 4.90 Å². The van der Waals surface area contributed by atoms with Crippen molar-refractivity contribution < 1.29 is 4.79 Å². The lowest BCUT2D eigenvalue weighted by molar-refractivity contribution is 0.119. The Balaban J connectivity index is 1.26. The fraction of sp³-hybridized carbons (Fsp3) is 0.458. The van der Waals surface area contributed by atoms with Gasteiger partial charge in [0.2, 0.25) is 0 Å². The van der Waals surface area contributed by atoms with E-state index in [1.807, 2.05) is 36.4 Å². The molecular formula is C24H29ClIN3O. The molecule has 0 bridgehead atoms. The molecule has 0 aromatic heterocycles. The molecule has 4 rings (SSSR count). The first-order chi connectivity index (χ1) is 14.6. The number of halogens is 2. The summed E-state index contributed by atoms with van der Waals surface area (Å²) in [5.41, 5.74) is 2.22. The topological polar surface area (TPSA) is 44.4 Å². The number of carbonyl (C=O) groups is 1. The van der Waals surface area contributed by atoms with Gasteiger partial charge in [-0.25, -0.2) is 4.79 Å². The lowest BCUT2D eigenvalue weighted by Gasteiger charge is -2.38. The van der Waals surface area contributed by atoms with Crippen LogP contribution in [0.4, 0.5) is 10.5 Å². The average molecular weight is 538 g/mol. The zero-order chi connectivity index (χ0) is 20.9. The van der Waals surface area contributed by atoms with Crippen molar-refractivity contribution in [2.45, 2.75) is 50.6 Å². The molecule has 2 atom stereocenters. The Kier molecular flexibility index (Phi) is 7.55. The lowest BCUT2D eigenvalue weighted by Crippen LogP contribution is -2.52. The molecule has 1 aliphatic carbocycles. The maximum Gasteiger partial charge on any atom is 0.319 e. The van der Waals surface area contributed by atoms with E-state index < -0.39 is 0 Å². The van der Waals surface area contributed by atoms with Gasteiger partial charge in [0.1, 0.15) is 0 Å². The van der Waals surface area contributed by atoms with Crippen LogP contribution < -0.4 is 10.6 Å². The number of hydrogen-bond donors (Lipinski definition) is 2. The maximum atomic E-state index is 12.5. The van der Waals surface area contributed by atoms with Crippen molar-refractivity contribution in [2.24, 2.45) is 5.92 Å². The number of amides is 2. The van der Waals surface area contributed by atoms with Gasteiger partial charge in [-0.15, -0.1) is 0 Å². The third-order valence-corrected chi connectivity index (χ3v) is 7.42. The molecule has 1 saturated carbocycles. The zero-order valence-electron chi connectivity index (χ0n) is 17.1. The van der Waals surface area contributed by atoms with Crippen LogP contribution in [0, 0.1) is 9.49 Å². The summed E-state index contributed by atoms with van der Waals surface area (Å²) in [5, 5.41) is 7.02. The highest BCUT2D eigenvalue weighted by molar-refractivity contribution is 14.1. The SMILES string of the molecule is O=C(Nc1ccc(I)cc1)NC1CCCC1N1CCC(Cc2ccc(Cl)cc2)CC1. The van der Waals surface area contributed by atoms with Crippen molar-refractivity contribution in [1.29, 1.82) is 0 Å². The molecule has 2 N–H and O–H groups in total. The second-order valence-corrected chi connectivity index (χ2v) is 10.2. The summed E-state index contributed by atoms with van der Waals surface area (Å²) < 4.78 is 1.16. The molecule has 2 aliphatic rings. The summed E-state index contributed by atoms with van der Waals surface area (Å²) in [4.78, 5) is 15.1. The zero-order valence-corrected chi connectivity index (χ0v) is 20.0. The van der Waals surface area contributed by atoms with Gasteiger partial charge >= 0.3 is 6.03 Å². The molecule has 2 amide bonds. The van der Waals surface area contributed by atoms with Gasteiger partial charge < -0.3 is 10.6 Å². The fourth-order valence-corrected chi connectivity index (χ4v) is 5.34. The molecule has 1 saturated heterocycles. The van der Waals surface area contributed by atoms with Crippen molar-refractivity contribution >= 4 is 45.9 Å². The monoisotopic (exact) mass is 537 g/mol. The molecule has 2 fully saturated rings. The highest BCUT2D eigenvalue weighted by Gasteiger charge is 2.35. The molecular weight excluding hydrogens is 509 g/mol. The normalized spacial score (nSPS) is 22.7. The number of hydrogen-bond acceptors (Lipinski definition) is 2. The summed E-state index contributed by atoms with van der Waals surface area (Å²) in [6.07, 6.45) is 7.01. The van der Waals surface area contributed by atoms with E-state index in [1.165, 1.54) is 31.2 Å². The Morgan fingerprint density at radius 3 is 2.40 bits per heavy atom. The van der Waals surface area contributed by atoms with Crippen LogP contribution in [0.15, 0.2) is 48.5 Å². The minimum Gasteiger partial charge on any atom is -0.334 e. The van der Waals surface area contributed by atoms with E-state index in [0.717, 1.165) is 46.1 Å². The first-order valence-corrected chi connectivity index (χ1v) is 12.3. The Bertz CT molecular complexity index is 835. The van der Waals surface area contributed by atoms with Crippen LogP contribution in [0.1, 0.15) is 37.7 Å². The number of nitrogens with zero attached hydrogens (tertiary/aromatic N) is 1. The van der Waals surface area contributed by atoms with Crippen LogP contribution in [-0.2, 0) is 6.42 Å². The van der Waals surface area contributed by atoms with Gasteiger partial charge in [0.15, 0.2) is 0 Å². The second kappa shape index (κ2) is 10.3. The smallest absolute Gasteiger partial charge is 0.319 e. The van der Waals surface area contributed by atoms with Crippen molar-refractivity contribution in [3.05, 3.63) is 62.7 Å². The van der Waals surface area contributed by atoms with Crippen LogP contribution in [0.25, 0.3) is 0 Å². The van der Waals surface area contributed by atoms with E-state index in [9.17, 15) is 4.79 Å². The Hall–Kier alpha value is -1.31. The number of likely N-dealkylation sites (tertiary alicyclic amines) is 1. The van der Waals surface area contributed by atoms with Gasteiger partial charge in [-0.05, 0) is 122 Å². The predicted octanol–water partition coefficient (Wildman–Crippen LogP) is 5.94. The van der Waals surface area contributed by atoms with Crippen molar-refractivity contribution in [2.75, 3.05) is 18.4 Å². The summed E-state index contributed by atoms with van der Waals surface area (Å²) >= 11 is 8.27. The minimum atomic E-state index is -0.0919. The summed E-state index contributed by atoms with van der Waals surface area (Å²) in [6, 6.07) is 16.8. The second-order valence-electron chi connectivity index (χ2n) is 8.52. The Morgan fingerprint density at radius 2 is 1.70 bits per heavy atom. The first-order valence-electron chi connectivity index (χ1n) is 10.9. The van der Waals surface area contributed by atoms with Crippen LogP contribution in [0.2, 0.25) is 5.02 Å². The van der Waals surface area contributed by atoms with Gasteiger partial charge in [0.25, 0.3) is 0 Å². The summed E-state index contributed by atoms with van der Waals surface area (Å²) in [5.74, 6) is 0.736. The van der Waals surface area contributed by atoms with Gasteiger partial charge in [-0.1, -0.05) is 23.7 Å². The quantitative estimate of drug-likeness (QED) is 0.464. The minimum absolute atomic E-state index is 0.0919. The highest BCUT2D eigenvalue weighted by atomic mass is 127. The van der Waals surface area contributed by atoms with E-state index in [2.05, 4.69) is 50.3 Å². The number of benzene rings is 2. The van der Waals surface area contributed by atoms with E-state index in [-0.39, 0.29) is 12.1 Å². The molecule has 2 unspecified atom stereocenters. The standard InChI is InChI=1S/C24H29ClIN3O/c25-19-6-4-17(5-7-19)16-18-12-14-29(15-13-18)23-3-1-2-22(23)28-24(30)27-21-10-8-20(26)9-11-21/h4-11,18,22-23H,1-3,12-16H2,(H2,27,28,30). The number of urea groups is 1. The summed E-state index contributed by atoms with van der Waals surface area (Å²) in [6.45, 7) is 2.25. The molecule has 6 heteroatoms. The van der Waals surface area contributed by atoms with E-state index in [0.29, 0.717) is 6.04 Å². The van der Waals surface area contributed by atoms with E-state index in [1.54, 1.807) is 0 Å². The fourth-order valence-electron chi connectivity index (χ4n) is 4.86. The maximum absolute atomic E-state index is 12.5. The van der Waals surface area contributed by atoms with Crippen molar-refractivity contribution in [1.82, 2.24) is 10.2 Å². The molecule has 30 heavy (non-hydrogen) atoms. The molecule has 160 valence electrons. The number of rotatable bonds is 5. The Morgan fingerprint density at radius 1 is 1.00 bits per heavy atom. The van der Waals surface area contributed by atoms with Crippen molar-refractivity contribution in [3.63, 3.8) is 0 Å². The van der Waals surface area contributed by atoms with Crippen LogP contribution in [-0.4, -0.2) is 36.1 Å². The predicted molar refractivity (Wildman–Crippen MR) is 132 cm³/mol. The van der Waals surface area contributed by atoms with Crippen molar-refractivity contribution in [3.8, 4) is 0 Å². The van der Waals surface area contributed by atoms with Crippen LogP contribution in [0.5, 0.6) is 0 Å². The van der Waals surface area contributed by atoms with Crippen LogP contribution in [0.3, 0.4) is 0 Å². The highest BCUT2D eigenvalue weighted by Crippen LogP contribution is 2.30. The first kappa shape index (κ1) is 21.9. The number of carbonyl (C=O) groups excluding carboxylic acids is 1. The van der Waals surface area contributed by atoms with Gasteiger partial charge in [0, 0.05) is 26.4 Å². The average Bonchev–Trinajstić information content (AvgIpc) is 3.20. The molecule has 1 heterocycles. The molecule has 2 aromatic rings. The third-order valence-electron chi connectivity index (χ3n) is 6.45. The number of anilines is 1. The summed E-state index contributed by atoms with van der Waals surface area (Å²) in [7, 11) is 0. The molecule has 4 nitrogen and oxygen atoms in total. The third kappa shape index (κ3) is 5.89. The Labute approximate surface area is 197 Å². The molecule has 2 aromatic carbocycles. The van der Waals surface area contributed by atoms with E-state index in [4.69, 9.17) is 11.6 Å². The largest absolute Gasteiger partial charge is 0.334 e. The van der Waals surface area contributed by atoms with E-state index >= 15 is 0 Å². The van der Waals surface area contributed by atoms with Gasteiger partial charge in [0.05, 0.1) is 0 Å². The molecule has 1 aliphatic heterocycles. The van der Waals surface area contributed by atoms with Gasteiger partial charge in [-0.2, -0.15) is 0 Å². The van der Waals surface area contributed by atoms with Crippen LogP contribution >= 0.6 is 34.2 Å². The molecule has 0 spiro atoms. The lowest BCUT2D eigenvalue weighted by atomic mass is 9.89.